The number of nitrogens with zero attached hydrogens (tertiary/aromatic N) is 2. The van der Waals surface area contributed by atoms with Crippen molar-refractivity contribution < 1.29 is 0 Å². The van der Waals surface area contributed by atoms with E-state index in [9.17, 15) is 0 Å². The summed E-state index contributed by atoms with van der Waals surface area (Å²) in [6.45, 7) is 2.83. The molecule has 0 saturated heterocycles. The summed E-state index contributed by atoms with van der Waals surface area (Å²) in [5.41, 5.74) is 2.17. The van der Waals surface area contributed by atoms with Crippen LogP contribution in [0.15, 0.2) is 35.1 Å². The molecule has 6 heteroatoms. The van der Waals surface area contributed by atoms with Crippen molar-refractivity contribution >= 4 is 45.9 Å². The fourth-order valence-corrected chi connectivity index (χ4v) is 1.94. The molecule has 0 aliphatic rings. The highest BCUT2D eigenvalue weighted by Crippen LogP contribution is 2.22. The van der Waals surface area contributed by atoms with Gasteiger partial charge in [-0.25, -0.2) is 9.97 Å². The molecular formula is C13H15BrN4S. The standard InChI is InChI=1S/C13H15BrN4S/c1-9-6-10(2-3-11(9)14)18-13-7-12(15-4-5-19)16-8-17-13/h2-3,6-8,19H,4-5H2,1H3,(H2,15,16,17,18). The van der Waals surface area contributed by atoms with Crippen LogP contribution in [0.1, 0.15) is 5.56 Å². The molecular weight excluding hydrogens is 324 g/mol. The summed E-state index contributed by atoms with van der Waals surface area (Å²) >= 11 is 7.64. The minimum atomic E-state index is 0.762. The number of thiol groups is 1. The van der Waals surface area contributed by atoms with Crippen molar-refractivity contribution in [1.29, 1.82) is 0 Å². The molecule has 1 aromatic heterocycles. The molecule has 2 rings (SSSR count). The lowest BCUT2D eigenvalue weighted by Crippen LogP contribution is -2.05. The summed E-state index contributed by atoms with van der Waals surface area (Å²) in [5, 5.41) is 6.42. The van der Waals surface area contributed by atoms with Crippen molar-refractivity contribution in [2.75, 3.05) is 22.9 Å². The number of aromatic nitrogens is 2. The smallest absolute Gasteiger partial charge is 0.135 e. The molecule has 19 heavy (non-hydrogen) atoms. The number of benzene rings is 1. The summed E-state index contributed by atoms with van der Waals surface area (Å²) in [6, 6.07) is 7.95. The van der Waals surface area contributed by atoms with Gasteiger partial charge in [-0.2, -0.15) is 12.6 Å². The largest absolute Gasteiger partial charge is 0.369 e. The third-order valence-corrected chi connectivity index (χ3v) is 3.63. The van der Waals surface area contributed by atoms with Crippen LogP contribution in [0.3, 0.4) is 0 Å². The number of aryl methyl sites for hydroxylation is 1. The van der Waals surface area contributed by atoms with E-state index in [1.165, 1.54) is 11.9 Å². The lowest BCUT2D eigenvalue weighted by atomic mass is 10.2. The summed E-state index contributed by atoms with van der Waals surface area (Å²) in [7, 11) is 0. The van der Waals surface area contributed by atoms with Crippen LogP contribution in [0, 0.1) is 6.92 Å². The van der Waals surface area contributed by atoms with Gasteiger partial charge in [0.25, 0.3) is 0 Å². The van der Waals surface area contributed by atoms with Gasteiger partial charge in [-0.05, 0) is 30.7 Å². The Balaban J connectivity index is 2.11. The lowest BCUT2D eigenvalue weighted by molar-refractivity contribution is 1.12. The maximum absolute atomic E-state index is 4.20. The van der Waals surface area contributed by atoms with Crippen LogP contribution in [-0.4, -0.2) is 22.3 Å². The molecule has 0 radical (unpaired) electrons. The Hall–Kier alpha value is -1.27. The first-order valence-electron chi connectivity index (χ1n) is 5.89. The minimum absolute atomic E-state index is 0.762. The molecule has 0 aliphatic carbocycles. The Morgan fingerprint density at radius 2 is 2.00 bits per heavy atom. The van der Waals surface area contributed by atoms with Crippen LogP contribution in [-0.2, 0) is 0 Å². The monoisotopic (exact) mass is 338 g/mol. The third kappa shape index (κ3) is 4.11. The van der Waals surface area contributed by atoms with Crippen LogP contribution in [0.2, 0.25) is 0 Å². The quantitative estimate of drug-likeness (QED) is 0.728. The van der Waals surface area contributed by atoms with Gasteiger partial charge >= 0.3 is 0 Å². The maximum atomic E-state index is 4.20. The molecule has 2 N–H and O–H groups in total. The Kier molecular flexibility index (Phi) is 5.04. The molecule has 0 aliphatic heterocycles. The fraction of sp³-hybridized carbons (Fsp3) is 0.231. The Morgan fingerprint density at radius 3 is 2.74 bits per heavy atom. The van der Waals surface area contributed by atoms with E-state index in [1.54, 1.807) is 0 Å². The lowest BCUT2D eigenvalue weighted by Gasteiger charge is -2.09. The zero-order chi connectivity index (χ0) is 13.7. The summed E-state index contributed by atoms with van der Waals surface area (Å²) in [6.07, 6.45) is 1.54. The van der Waals surface area contributed by atoms with Gasteiger partial charge in [0, 0.05) is 28.5 Å². The predicted octanol–water partition coefficient (Wildman–Crippen LogP) is 3.63. The van der Waals surface area contributed by atoms with Crippen molar-refractivity contribution in [2.24, 2.45) is 0 Å². The van der Waals surface area contributed by atoms with E-state index in [1.807, 2.05) is 18.2 Å². The first-order valence-corrected chi connectivity index (χ1v) is 7.31. The second-order valence-electron chi connectivity index (χ2n) is 4.03. The SMILES string of the molecule is Cc1cc(Nc2cc(NCCS)ncn2)ccc1Br. The van der Waals surface area contributed by atoms with Crippen molar-refractivity contribution in [3.05, 3.63) is 40.6 Å². The van der Waals surface area contributed by atoms with Crippen LogP contribution >= 0.6 is 28.6 Å². The molecule has 100 valence electrons. The van der Waals surface area contributed by atoms with E-state index in [0.29, 0.717) is 0 Å². The van der Waals surface area contributed by atoms with Crippen molar-refractivity contribution in [2.45, 2.75) is 6.92 Å². The van der Waals surface area contributed by atoms with Gasteiger partial charge in [0.1, 0.15) is 18.0 Å². The van der Waals surface area contributed by atoms with E-state index >= 15 is 0 Å². The van der Waals surface area contributed by atoms with E-state index < -0.39 is 0 Å². The van der Waals surface area contributed by atoms with E-state index in [0.717, 1.165) is 34.1 Å². The van der Waals surface area contributed by atoms with Gasteiger partial charge in [-0.1, -0.05) is 15.9 Å². The number of nitrogens with one attached hydrogen (secondary N) is 2. The number of anilines is 3. The van der Waals surface area contributed by atoms with Gasteiger partial charge in [-0.15, -0.1) is 0 Å². The Bertz CT molecular complexity index is 562. The molecule has 0 atom stereocenters. The number of hydrogen-bond donors (Lipinski definition) is 3. The molecule has 0 fully saturated rings. The summed E-state index contributed by atoms with van der Waals surface area (Å²) in [4.78, 5) is 8.35. The molecule has 1 heterocycles. The molecule has 4 nitrogen and oxygen atoms in total. The minimum Gasteiger partial charge on any atom is -0.369 e. The van der Waals surface area contributed by atoms with Gasteiger partial charge in [0.2, 0.25) is 0 Å². The van der Waals surface area contributed by atoms with Gasteiger partial charge in [-0.3, -0.25) is 0 Å². The van der Waals surface area contributed by atoms with Gasteiger partial charge < -0.3 is 10.6 Å². The summed E-state index contributed by atoms with van der Waals surface area (Å²) in [5.74, 6) is 2.32. The molecule has 0 bridgehead atoms. The average Bonchev–Trinajstić information content (AvgIpc) is 2.41. The van der Waals surface area contributed by atoms with Gasteiger partial charge in [0.05, 0.1) is 0 Å². The highest BCUT2D eigenvalue weighted by Gasteiger charge is 2.01. The molecule has 0 unspecified atom stereocenters. The zero-order valence-electron chi connectivity index (χ0n) is 10.5. The molecule has 1 aromatic carbocycles. The summed E-state index contributed by atoms with van der Waals surface area (Å²) < 4.78 is 1.09. The second kappa shape index (κ2) is 6.77. The first-order chi connectivity index (χ1) is 9.19. The van der Waals surface area contributed by atoms with Crippen molar-refractivity contribution in [3.8, 4) is 0 Å². The van der Waals surface area contributed by atoms with Crippen molar-refractivity contribution in [1.82, 2.24) is 9.97 Å². The van der Waals surface area contributed by atoms with Crippen molar-refractivity contribution in [3.63, 3.8) is 0 Å². The van der Waals surface area contributed by atoms with Gasteiger partial charge in [0.15, 0.2) is 0 Å². The molecule has 0 spiro atoms. The maximum Gasteiger partial charge on any atom is 0.135 e. The fourth-order valence-electron chi connectivity index (χ4n) is 1.58. The van der Waals surface area contributed by atoms with E-state index in [-0.39, 0.29) is 0 Å². The Labute approximate surface area is 126 Å². The van der Waals surface area contributed by atoms with E-state index in [2.05, 4.69) is 62.2 Å². The number of rotatable bonds is 5. The van der Waals surface area contributed by atoms with Crippen LogP contribution < -0.4 is 10.6 Å². The molecule has 0 saturated carbocycles. The molecule has 2 aromatic rings. The second-order valence-corrected chi connectivity index (χ2v) is 5.33. The Morgan fingerprint density at radius 1 is 1.21 bits per heavy atom. The van der Waals surface area contributed by atoms with Crippen LogP contribution in [0.5, 0.6) is 0 Å². The zero-order valence-corrected chi connectivity index (χ0v) is 13.0. The highest BCUT2D eigenvalue weighted by atomic mass is 79.9. The third-order valence-electron chi connectivity index (χ3n) is 2.52. The number of hydrogen-bond acceptors (Lipinski definition) is 5. The first kappa shape index (κ1) is 14.1. The van der Waals surface area contributed by atoms with Crippen LogP contribution in [0.4, 0.5) is 17.3 Å². The highest BCUT2D eigenvalue weighted by molar-refractivity contribution is 9.10. The number of halogens is 1. The predicted molar refractivity (Wildman–Crippen MR) is 86.5 cm³/mol. The average molecular weight is 339 g/mol. The van der Waals surface area contributed by atoms with Crippen LogP contribution in [0.25, 0.3) is 0 Å². The topological polar surface area (TPSA) is 49.8 Å². The normalized spacial score (nSPS) is 10.3. The molecule has 0 amide bonds. The van der Waals surface area contributed by atoms with E-state index in [4.69, 9.17) is 0 Å².